The normalized spacial score (nSPS) is 13.1. The van der Waals surface area contributed by atoms with Crippen LogP contribution >= 0.6 is 0 Å². The first-order valence-corrected chi connectivity index (χ1v) is 5.89. The molecule has 0 fully saturated rings. The molecule has 0 aliphatic carbocycles. The lowest BCUT2D eigenvalue weighted by Gasteiger charge is -2.22. The molecule has 17 heavy (non-hydrogen) atoms. The van der Waals surface area contributed by atoms with Gasteiger partial charge >= 0.3 is 0 Å². The molecule has 1 rings (SSSR count). The predicted octanol–water partition coefficient (Wildman–Crippen LogP) is 2.38. The Morgan fingerprint density at radius 3 is 2.59 bits per heavy atom. The number of benzene rings is 1. The Hall–Kier alpha value is -1.00. The largest absolute Gasteiger partial charge is 0.330 e. The van der Waals surface area contributed by atoms with Gasteiger partial charge in [-0.1, -0.05) is 19.4 Å². The highest BCUT2D eigenvalue weighted by molar-refractivity contribution is 5.18. The standard InChI is InChI=1S/C13H20F2N2/c1-3-10(7-16)8-17(2)9-11-4-5-12(14)6-13(11)15/h4-6,10H,3,7-9,16H2,1-2H3. The van der Waals surface area contributed by atoms with Crippen molar-refractivity contribution in [2.45, 2.75) is 19.9 Å². The van der Waals surface area contributed by atoms with Crippen LogP contribution in [0.3, 0.4) is 0 Å². The fourth-order valence-electron chi connectivity index (χ4n) is 1.82. The van der Waals surface area contributed by atoms with Crippen molar-refractivity contribution < 1.29 is 8.78 Å². The molecular weight excluding hydrogens is 222 g/mol. The van der Waals surface area contributed by atoms with Crippen molar-refractivity contribution in [1.29, 1.82) is 0 Å². The Bertz CT molecular complexity index is 351. The van der Waals surface area contributed by atoms with Gasteiger partial charge in [0.25, 0.3) is 0 Å². The SMILES string of the molecule is CCC(CN)CN(C)Cc1ccc(F)cc1F. The molecule has 1 atom stereocenters. The lowest BCUT2D eigenvalue weighted by molar-refractivity contribution is 0.264. The maximum atomic E-state index is 13.4. The van der Waals surface area contributed by atoms with Crippen molar-refractivity contribution in [3.8, 4) is 0 Å². The average Bonchev–Trinajstić information content (AvgIpc) is 2.29. The molecule has 1 aromatic rings. The van der Waals surface area contributed by atoms with Gasteiger partial charge in [-0.05, 0) is 25.6 Å². The number of rotatable bonds is 6. The smallest absolute Gasteiger partial charge is 0.130 e. The van der Waals surface area contributed by atoms with Gasteiger partial charge in [-0.15, -0.1) is 0 Å². The van der Waals surface area contributed by atoms with E-state index in [0.717, 1.165) is 19.0 Å². The van der Waals surface area contributed by atoms with Gasteiger partial charge in [-0.3, -0.25) is 0 Å². The van der Waals surface area contributed by atoms with Crippen LogP contribution in [0.2, 0.25) is 0 Å². The van der Waals surface area contributed by atoms with E-state index in [9.17, 15) is 8.78 Å². The molecule has 1 aromatic carbocycles. The van der Waals surface area contributed by atoms with E-state index in [2.05, 4.69) is 6.92 Å². The lowest BCUT2D eigenvalue weighted by atomic mass is 10.1. The highest BCUT2D eigenvalue weighted by Crippen LogP contribution is 2.12. The van der Waals surface area contributed by atoms with Crippen LogP contribution in [0.1, 0.15) is 18.9 Å². The minimum absolute atomic E-state index is 0.420. The maximum Gasteiger partial charge on any atom is 0.130 e. The number of hydrogen-bond acceptors (Lipinski definition) is 2. The summed E-state index contributed by atoms with van der Waals surface area (Å²) in [7, 11) is 1.92. The summed E-state index contributed by atoms with van der Waals surface area (Å²) in [6, 6.07) is 3.69. The van der Waals surface area contributed by atoms with Crippen molar-refractivity contribution in [1.82, 2.24) is 4.90 Å². The van der Waals surface area contributed by atoms with Crippen LogP contribution in [0.5, 0.6) is 0 Å². The molecule has 1 unspecified atom stereocenters. The van der Waals surface area contributed by atoms with Crippen LogP contribution in [0, 0.1) is 17.6 Å². The average molecular weight is 242 g/mol. The van der Waals surface area contributed by atoms with Crippen LogP contribution in [-0.2, 0) is 6.54 Å². The van der Waals surface area contributed by atoms with E-state index in [1.54, 1.807) is 0 Å². The third kappa shape index (κ3) is 4.40. The van der Waals surface area contributed by atoms with Crippen molar-refractivity contribution in [3.05, 3.63) is 35.4 Å². The number of halogens is 2. The molecule has 2 N–H and O–H groups in total. The minimum atomic E-state index is -0.540. The van der Waals surface area contributed by atoms with Crippen LogP contribution < -0.4 is 5.73 Å². The van der Waals surface area contributed by atoms with E-state index < -0.39 is 11.6 Å². The van der Waals surface area contributed by atoms with Gasteiger partial charge in [0, 0.05) is 24.7 Å². The van der Waals surface area contributed by atoms with Crippen LogP contribution in [0.15, 0.2) is 18.2 Å². The summed E-state index contributed by atoms with van der Waals surface area (Å²) >= 11 is 0. The second-order valence-corrected chi connectivity index (χ2v) is 4.44. The zero-order chi connectivity index (χ0) is 12.8. The van der Waals surface area contributed by atoms with Gasteiger partial charge in [0.15, 0.2) is 0 Å². The molecule has 2 nitrogen and oxygen atoms in total. The third-order valence-electron chi connectivity index (χ3n) is 2.94. The summed E-state index contributed by atoms with van der Waals surface area (Å²) in [5.41, 5.74) is 6.14. The van der Waals surface area contributed by atoms with E-state index in [1.807, 2.05) is 11.9 Å². The fraction of sp³-hybridized carbons (Fsp3) is 0.538. The maximum absolute atomic E-state index is 13.4. The predicted molar refractivity (Wildman–Crippen MR) is 65.5 cm³/mol. The Labute approximate surface area is 101 Å². The van der Waals surface area contributed by atoms with Gasteiger partial charge in [0.05, 0.1) is 0 Å². The molecule has 0 aliphatic heterocycles. The van der Waals surface area contributed by atoms with E-state index in [0.29, 0.717) is 24.6 Å². The molecule has 0 aliphatic rings. The van der Waals surface area contributed by atoms with Gasteiger partial charge < -0.3 is 10.6 Å². The number of nitrogens with two attached hydrogens (primary N) is 1. The molecule has 0 saturated heterocycles. The summed E-state index contributed by atoms with van der Waals surface area (Å²) in [6.45, 7) is 4.02. The summed E-state index contributed by atoms with van der Waals surface area (Å²) in [6.07, 6.45) is 1.01. The molecule has 0 bridgehead atoms. The zero-order valence-corrected chi connectivity index (χ0v) is 10.4. The van der Waals surface area contributed by atoms with Gasteiger partial charge in [-0.2, -0.15) is 0 Å². The Morgan fingerprint density at radius 2 is 2.06 bits per heavy atom. The first kappa shape index (κ1) is 14.1. The first-order chi connectivity index (χ1) is 8.06. The van der Waals surface area contributed by atoms with Crippen molar-refractivity contribution in [2.75, 3.05) is 20.1 Å². The minimum Gasteiger partial charge on any atom is -0.330 e. The van der Waals surface area contributed by atoms with Gasteiger partial charge in [0.2, 0.25) is 0 Å². The molecule has 0 spiro atoms. The summed E-state index contributed by atoms with van der Waals surface area (Å²) in [4.78, 5) is 2.01. The molecule has 0 amide bonds. The van der Waals surface area contributed by atoms with E-state index in [1.165, 1.54) is 12.1 Å². The summed E-state index contributed by atoms with van der Waals surface area (Å²) in [5, 5.41) is 0. The quantitative estimate of drug-likeness (QED) is 0.830. The second kappa shape index (κ2) is 6.67. The number of hydrogen-bond donors (Lipinski definition) is 1. The Morgan fingerprint density at radius 1 is 1.35 bits per heavy atom. The monoisotopic (exact) mass is 242 g/mol. The van der Waals surface area contributed by atoms with Crippen molar-refractivity contribution in [2.24, 2.45) is 11.7 Å². The van der Waals surface area contributed by atoms with Crippen LogP contribution in [-0.4, -0.2) is 25.0 Å². The summed E-state index contributed by atoms with van der Waals surface area (Å²) < 4.78 is 26.2. The zero-order valence-electron chi connectivity index (χ0n) is 10.4. The molecule has 0 radical (unpaired) electrons. The lowest BCUT2D eigenvalue weighted by Crippen LogP contribution is -2.29. The van der Waals surface area contributed by atoms with Crippen LogP contribution in [0.25, 0.3) is 0 Å². The third-order valence-corrected chi connectivity index (χ3v) is 2.94. The molecular formula is C13H20F2N2. The molecule has 0 aromatic heterocycles. The molecule has 4 heteroatoms. The van der Waals surface area contributed by atoms with E-state index in [-0.39, 0.29) is 0 Å². The second-order valence-electron chi connectivity index (χ2n) is 4.44. The highest BCUT2D eigenvalue weighted by atomic mass is 19.1. The van der Waals surface area contributed by atoms with E-state index >= 15 is 0 Å². The van der Waals surface area contributed by atoms with Crippen molar-refractivity contribution >= 4 is 0 Å². The van der Waals surface area contributed by atoms with Crippen molar-refractivity contribution in [3.63, 3.8) is 0 Å². The highest BCUT2D eigenvalue weighted by Gasteiger charge is 2.10. The Balaban J connectivity index is 2.58. The first-order valence-electron chi connectivity index (χ1n) is 5.89. The molecule has 0 heterocycles. The van der Waals surface area contributed by atoms with Gasteiger partial charge in [-0.25, -0.2) is 8.78 Å². The topological polar surface area (TPSA) is 29.3 Å². The van der Waals surface area contributed by atoms with Gasteiger partial charge in [0.1, 0.15) is 11.6 Å². The number of nitrogens with zero attached hydrogens (tertiary/aromatic N) is 1. The molecule has 96 valence electrons. The Kier molecular flexibility index (Phi) is 5.51. The molecule has 0 saturated carbocycles. The fourth-order valence-corrected chi connectivity index (χ4v) is 1.82. The van der Waals surface area contributed by atoms with Crippen LogP contribution in [0.4, 0.5) is 8.78 Å². The summed E-state index contributed by atoms with van der Waals surface area (Å²) in [5.74, 6) is -0.608. The van der Waals surface area contributed by atoms with E-state index in [4.69, 9.17) is 5.73 Å².